The molecule has 118 valence electrons. The van der Waals surface area contributed by atoms with Crippen molar-refractivity contribution in [2.75, 3.05) is 32.7 Å². The molecular weight excluding hydrogens is 268 g/mol. The van der Waals surface area contributed by atoms with Crippen LogP contribution < -0.4 is 10.6 Å². The summed E-state index contributed by atoms with van der Waals surface area (Å²) in [6, 6.07) is 0.723. The maximum atomic E-state index is 12.4. The molecule has 0 unspecified atom stereocenters. The Bertz CT molecular complexity index is 389. The van der Waals surface area contributed by atoms with Crippen LogP contribution in [-0.4, -0.2) is 66.5 Å². The van der Waals surface area contributed by atoms with Gasteiger partial charge in [0.1, 0.15) is 6.54 Å². The number of rotatable bonds is 4. The van der Waals surface area contributed by atoms with Crippen molar-refractivity contribution in [3.05, 3.63) is 0 Å². The Morgan fingerprint density at radius 2 is 1.86 bits per heavy atom. The fourth-order valence-electron chi connectivity index (χ4n) is 3.72. The monoisotopic (exact) mass is 294 g/mol. The molecule has 2 N–H and O–H groups in total. The third-order valence-corrected chi connectivity index (χ3v) is 4.93. The second-order valence-electron chi connectivity index (χ2n) is 6.43. The van der Waals surface area contributed by atoms with Crippen molar-refractivity contribution >= 4 is 11.9 Å². The molecule has 0 aromatic carbocycles. The fourth-order valence-corrected chi connectivity index (χ4v) is 3.72. The average Bonchev–Trinajstić information content (AvgIpc) is 3.11. The molecule has 0 atom stereocenters. The molecule has 21 heavy (non-hydrogen) atoms. The van der Waals surface area contributed by atoms with E-state index in [1.165, 1.54) is 12.8 Å². The van der Waals surface area contributed by atoms with Crippen molar-refractivity contribution in [1.29, 1.82) is 0 Å². The number of urea groups is 1. The van der Waals surface area contributed by atoms with Crippen LogP contribution in [0.4, 0.5) is 4.79 Å². The second kappa shape index (κ2) is 6.64. The van der Waals surface area contributed by atoms with Gasteiger partial charge in [-0.2, -0.15) is 0 Å². The van der Waals surface area contributed by atoms with Crippen LogP contribution in [0.3, 0.4) is 0 Å². The van der Waals surface area contributed by atoms with Crippen LogP contribution in [0.5, 0.6) is 0 Å². The van der Waals surface area contributed by atoms with Gasteiger partial charge in [0, 0.05) is 25.2 Å². The van der Waals surface area contributed by atoms with Crippen molar-refractivity contribution in [3.63, 3.8) is 0 Å². The fraction of sp³-hybridized carbons (Fsp3) is 0.867. The molecule has 0 bridgehead atoms. The summed E-state index contributed by atoms with van der Waals surface area (Å²) in [4.78, 5) is 28.1. The summed E-state index contributed by atoms with van der Waals surface area (Å²) in [7, 11) is 0. The average molecular weight is 294 g/mol. The van der Waals surface area contributed by atoms with Gasteiger partial charge in [-0.15, -0.1) is 0 Å². The van der Waals surface area contributed by atoms with Gasteiger partial charge in [0.25, 0.3) is 0 Å². The highest BCUT2D eigenvalue weighted by Crippen LogP contribution is 2.19. The second-order valence-corrected chi connectivity index (χ2v) is 6.43. The van der Waals surface area contributed by atoms with E-state index < -0.39 is 0 Å². The zero-order valence-corrected chi connectivity index (χ0v) is 12.6. The molecule has 3 fully saturated rings. The molecule has 1 saturated carbocycles. The third kappa shape index (κ3) is 3.48. The largest absolute Gasteiger partial charge is 0.352 e. The topological polar surface area (TPSA) is 64.7 Å². The van der Waals surface area contributed by atoms with Gasteiger partial charge in [0.15, 0.2) is 0 Å². The molecule has 0 spiro atoms. The van der Waals surface area contributed by atoms with Gasteiger partial charge >= 0.3 is 6.03 Å². The van der Waals surface area contributed by atoms with E-state index in [2.05, 4.69) is 10.6 Å². The summed E-state index contributed by atoms with van der Waals surface area (Å²) < 4.78 is 0. The smallest absolute Gasteiger partial charge is 0.320 e. The lowest BCUT2D eigenvalue weighted by Gasteiger charge is -2.31. The molecule has 0 radical (unpaired) electrons. The Labute approximate surface area is 126 Å². The third-order valence-electron chi connectivity index (χ3n) is 4.93. The molecule has 3 rings (SSSR count). The summed E-state index contributed by atoms with van der Waals surface area (Å²) in [5, 5.41) is 6.38. The van der Waals surface area contributed by atoms with Crippen molar-refractivity contribution in [1.82, 2.24) is 20.4 Å². The van der Waals surface area contributed by atoms with E-state index in [9.17, 15) is 9.59 Å². The van der Waals surface area contributed by atoms with Gasteiger partial charge in [-0.05, 0) is 38.8 Å². The molecule has 6 nitrogen and oxygen atoms in total. The van der Waals surface area contributed by atoms with Gasteiger partial charge in [-0.1, -0.05) is 12.8 Å². The molecule has 2 saturated heterocycles. The lowest BCUT2D eigenvalue weighted by molar-refractivity contribution is -0.122. The SMILES string of the molecule is O=C(CN1CCN(C2CCNCC2)C1=O)NC1CCCC1. The summed E-state index contributed by atoms with van der Waals surface area (Å²) >= 11 is 0. The van der Waals surface area contributed by atoms with E-state index >= 15 is 0 Å². The van der Waals surface area contributed by atoms with E-state index in [-0.39, 0.29) is 18.5 Å². The Balaban J connectivity index is 1.47. The molecular formula is C15H26N4O2. The number of amides is 3. The van der Waals surface area contributed by atoms with E-state index in [4.69, 9.17) is 0 Å². The minimum Gasteiger partial charge on any atom is -0.352 e. The highest BCUT2D eigenvalue weighted by atomic mass is 16.2. The molecule has 3 amide bonds. The van der Waals surface area contributed by atoms with Gasteiger partial charge in [-0.3, -0.25) is 4.79 Å². The molecule has 2 aliphatic heterocycles. The van der Waals surface area contributed by atoms with Crippen molar-refractivity contribution < 1.29 is 9.59 Å². The van der Waals surface area contributed by atoms with Crippen molar-refractivity contribution in [2.45, 2.75) is 50.6 Å². The minimum absolute atomic E-state index is 0.00223. The Kier molecular flexibility index (Phi) is 4.63. The predicted octanol–water partition coefficient (Wildman–Crippen LogP) is 0.535. The molecule has 0 aromatic rings. The normalized spacial score (nSPS) is 24.9. The Morgan fingerprint density at radius 3 is 2.57 bits per heavy atom. The first-order chi connectivity index (χ1) is 10.2. The Morgan fingerprint density at radius 1 is 1.14 bits per heavy atom. The van der Waals surface area contributed by atoms with Crippen molar-refractivity contribution in [2.24, 2.45) is 0 Å². The number of nitrogens with zero attached hydrogens (tertiary/aromatic N) is 2. The van der Waals surface area contributed by atoms with Crippen LogP contribution in [0.25, 0.3) is 0 Å². The lowest BCUT2D eigenvalue weighted by atomic mass is 10.1. The van der Waals surface area contributed by atoms with Gasteiger partial charge in [-0.25, -0.2) is 4.79 Å². The quantitative estimate of drug-likeness (QED) is 0.795. The standard InChI is InChI=1S/C15H26N4O2/c20-14(17-12-3-1-2-4-12)11-18-9-10-19(15(18)21)13-5-7-16-8-6-13/h12-13,16H,1-11H2,(H,17,20). The van der Waals surface area contributed by atoms with Gasteiger partial charge in [0.05, 0.1) is 0 Å². The highest BCUT2D eigenvalue weighted by molar-refractivity contribution is 5.85. The first kappa shape index (κ1) is 14.6. The molecule has 3 aliphatic rings. The number of hydrogen-bond donors (Lipinski definition) is 2. The lowest BCUT2D eigenvalue weighted by Crippen LogP contribution is -2.47. The number of hydrogen-bond acceptors (Lipinski definition) is 3. The number of carbonyl (C=O) groups excluding carboxylic acids is 2. The van der Waals surface area contributed by atoms with Crippen LogP contribution in [0.1, 0.15) is 38.5 Å². The zero-order chi connectivity index (χ0) is 14.7. The minimum atomic E-state index is 0.00223. The van der Waals surface area contributed by atoms with E-state index in [0.29, 0.717) is 18.6 Å². The molecule has 1 aliphatic carbocycles. The summed E-state index contributed by atoms with van der Waals surface area (Å²) in [5.74, 6) is 0.00223. The Hall–Kier alpha value is -1.30. The van der Waals surface area contributed by atoms with E-state index in [1.807, 2.05) is 4.90 Å². The molecule has 0 aromatic heterocycles. The van der Waals surface area contributed by atoms with Crippen molar-refractivity contribution in [3.8, 4) is 0 Å². The maximum Gasteiger partial charge on any atom is 0.320 e. The van der Waals surface area contributed by atoms with Crippen LogP contribution in [0.15, 0.2) is 0 Å². The first-order valence-corrected chi connectivity index (χ1v) is 8.29. The number of piperidine rings is 1. The maximum absolute atomic E-state index is 12.4. The van der Waals surface area contributed by atoms with E-state index in [1.54, 1.807) is 4.90 Å². The van der Waals surface area contributed by atoms with Gasteiger partial charge < -0.3 is 20.4 Å². The number of carbonyl (C=O) groups is 2. The van der Waals surface area contributed by atoms with Crippen LogP contribution in [0.2, 0.25) is 0 Å². The summed E-state index contributed by atoms with van der Waals surface area (Å²) in [6.45, 7) is 3.63. The summed E-state index contributed by atoms with van der Waals surface area (Å²) in [6.07, 6.45) is 6.62. The van der Waals surface area contributed by atoms with Crippen LogP contribution in [-0.2, 0) is 4.79 Å². The molecule has 2 heterocycles. The first-order valence-electron chi connectivity index (χ1n) is 8.29. The summed E-state index contributed by atoms with van der Waals surface area (Å²) in [5.41, 5.74) is 0. The van der Waals surface area contributed by atoms with Crippen LogP contribution in [0, 0.1) is 0 Å². The van der Waals surface area contributed by atoms with E-state index in [0.717, 1.165) is 45.3 Å². The van der Waals surface area contributed by atoms with Crippen LogP contribution >= 0.6 is 0 Å². The highest BCUT2D eigenvalue weighted by Gasteiger charge is 2.35. The number of nitrogens with one attached hydrogen (secondary N) is 2. The predicted molar refractivity (Wildman–Crippen MR) is 80.0 cm³/mol. The van der Waals surface area contributed by atoms with Gasteiger partial charge in [0.2, 0.25) is 5.91 Å². The zero-order valence-electron chi connectivity index (χ0n) is 12.6. The molecule has 6 heteroatoms.